The number of hydrogen-bond donors (Lipinski definition) is 1. The fourth-order valence-electron chi connectivity index (χ4n) is 1.54. The summed E-state index contributed by atoms with van der Waals surface area (Å²) in [7, 11) is 1.98. The Morgan fingerprint density at radius 2 is 2.20 bits per heavy atom. The second-order valence-corrected chi connectivity index (χ2v) is 3.74. The Labute approximate surface area is 92.5 Å². The molecule has 0 amide bonds. The molecule has 1 N–H and O–H groups in total. The molecular weight excluding hydrogens is 186 g/mol. The maximum absolute atomic E-state index is 4.51. The molecular formula is C12H21N3. The van der Waals surface area contributed by atoms with E-state index in [-0.39, 0.29) is 0 Å². The molecule has 0 aliphatic carbocycles. The van der Waals surface area contributed by atoms with Gasteiger partial charge in [-0.15, -0.1) is 0 Å². The van der Waals surface area contributed by atoms with Gasteiger partial charge in [-0.25, -0.2) is 0 Å². The van der Waals surface area contributed by atoms with Gasteiger partial charge >= 0.3 is 0 Å². The lowest BCUT2D eigenvalue weighted by atomic mass is 10.3. The van der Waals surface area contributed by atoms with Gasteiger partial charge in [0.25, 0.3) is 0 Å². The summed E-state index contributed by atoms with van der Waals surface area (Å²) in [5.74, 6) is 0. The van der Waals surface area contributed by atoms with Crippen LogP contribution >= 0.6 is 0 Å². The van der Waals surface area contributed by atoms with Gasteiger partial charge in [-0.05, 0) is 32.6 Å². The van der Waals surface area contributed by atoms with Crippen molar-refractivity contribution in [1.82, 2.24) is 15.2 Å². The lowest BCUT2D eigenvalue weighted by Crippen LogP contribution is -2.30. The summed E-state index contributed by atoms with van der Waals surface area (Å²) in [6.45, 7) is 8.33. The predicted octanol–water partition coefficient (Wildman–Crippen LogP) is 1.43. The fraction of sp³-hybridized carbons (Fsp3) is 0.583. The highest BCUT2D eigenvalue weighted by molar-refractivity contribution is 5.09. The molecule has 0 aromatic carbocycles. The van der Waals surface area contributed by atoms with Crippen LogP contribution < -0.4 is 5.32 Å². The van der Waals surface area contributed by atoms with E-state index in [0.717, 1.165) is 37.6 Å². The molecule has 0 fully saturated rings. The first-order valence-corrected chi connectivity index (χ1v) is 5.55. The topological polar surface area (TPSA) is 28.2 Å². The van der Waals surface area contributed by atoms with E-state index in [1.165, 1.54) is 0 Å². The summed E-state index contributed by atoms with van der Waals surface area (Å²) in [6, 6.07) is 6.20. The molecule has 0 aliphatic rings. The number of likely N-dealkylation sites (N-methyl/N-ethyl adjacent to an activating group) is 2. The smallest absolute Gasteiger partial charge is 0.0547 e. The SMILES string of the molecule is CCN(CCNC)Cc1cccc(C)n1. The van der Waals surface area contributed by atoms with Crippen LogP contribution in [0.3, 0.4) is 0 Å². The molecule has 84 valence electrons. The first-order valence-electron chi connectivity index (χ1n) is 5.55. The van der Waals surface area contributed by atoms with Crippen molar-refractivity contribution in [1.29, 1.82) is 0 Å². The quantitative estimate of drug-likeness (QED) is 0.765. The van der Waals surface area contributed by atoms with E-state index in [1.807, 2.05) is 20.0 Å². The maximum Gasteiger partial charge on any atom is 0.0547 e. The monoisotopic (exact) mass is 207 g/mol. The largest absolute Gasteiger partial charge is 0.318 e. The minimum atomic E-state index is 0.944. The van der Waals surface area contributed by atoms with Crippen LogP contribution in [0.25, 0.3) is 0 Å². The number of hydrogen-bond acceptors (Lipinski definition) is 3. The summed E-state index contributed by atoms with van der Waals surface area (Å²) < 4.78 is 0. The molecule has 1 aromatic rings. The van der Waals surface area contributed by atoms with Gasteiger partial charge in [0, 0.05) is 25.3 Å². The standard InChI is InChI=1S/C12H21N3/c1-4-15(9-8-13-3)10-12-7-5-6-11(2)14-12/h5-7,13H,4,8-10H2,1-3H3. The number of aromatic nitrogens is 1. The molecule has 0 aliphatic heterocycles. The highest BCUT2D eigenvalue weighted by atomic mass is 15.1. The molecule has 3 heteroatoms. The van der Waals surface area contributed by atoms with Crippen LogP contribution in [0.1, 0.15) is 18.3 Å². The van der Waals surface area contributed by atoms with Crippen molar-refractivity contribution in [3.63, 3.8) is 0 Å². The normalized spacial score (nSPS) is 10.9. The van der Waals surface area contributed by atoms with Crippen LogP contribution in [-0.4, -0.2) is 36.6 Å². The van der Waals surface area contributed by atoms with Gasteiger partial charge in [0.2, 0.25) is 0 Å². The Bertz CT molecular complexity index is 286. The lowest BCUT2D eigenvalue weighted by Gasteiger charge is -2.19. The van der Waals surface area contributed by atoms with E-state index in [1.54, 1.807) is 0 Å². The summed E-state index contributed by atoms with van der Waals surface area (Å²) in [5, 5.41) is 3.17. The van der Waals surface area contributed by atoms with Gasteiger partial charge in [-0.2, -0.15) is 0 Å². The summed E-state index contributed by atoms with van der Waals surface area (Å²) >= 11 is 0. The third kappa shape index (κ3) is 4.40. The molecule has 0 unspecified atom stereocenters. The van der Waals surface area contributed by atoms with Crippen molar-refractivity contribution in [2.24, 2.45) is 0 Å². The van der Waals surface area contributed by atoms with Crippen LogP contribution in [0.15, 0.2) is 18.2 Å². The van der Waals surface area contributed by atoms with Gasteiger partial charge in [-0.1, -0.05) is 13.0 Å². The molecule has 1 rings (SSSR count). The molecule has 3 nitrogen and oxygen atoms in total. The van der Waals surface area contributed by atoms with Crippen molar-refractivity contribution in [3.05, 3.63) is 29.6 Å². The predicted molar refractivity (Wildman–Crippen MR) is 63.9 cm³/mol. The molecule has 1 aromatic heterocycles. The number of nitrogens with one attached hydrogen (secondary N) is 1. The van der Waals surface area contributed by atoms with Crippen LogP contribution in [0.2, 0.25) is 0 Å². The Balaban J connectivity index is 2.50. The van der Waals surface area contributed by atoms with Gasteiger partial charge in [-0.3, -0.25) is 9.88 Å². The van der Waals surface area contributed by atoms with Crippen LogP contribution in [0.4, 0.5) is 0 Å². The highest BCUT2D eigenvalue weighted by Gasteiger charge is 2.03. The number of aryl methyl sites for hydroxylation is 1. The molecule has 0 spiro atoms. The van der Waals surface area contributed by atoms with E-state index in [9.17, 15) is 0 Å². The molecule has 0 saturated heterocycles. The Hall–Kier alpha value is -0.930. The summed E-state index contributed by atoms with van der Waals surface area (Å²) in [4.78, 5) is 6.89. The minimum absolute atomic E-state index is 0.944. The molecule has 0 radical (unpaired) electrons. The van der Waals surface area contributed by atoms with E-state index in [0.29, 0.717) is 0 Å². The van der Waals surface area contributed by atoms with Crippen molar-refractivity contribution in [3.8, 4) is 0 Å². The number of nitrogens with zero attached hydrogens (tertiary/aromatic N) is 2. The van der Waals surface area contributed by atoms with Crippen LogP contribution in [-0.2, 0) is 6.54 Å². The van der Waals surface area contributed by atoms with Crippen LogP contribution in [0.5, 0.6) is 0 Å². The third-order valence-electron chi connectivity index (χ3n) is 2.46. The van der Waals surface area contributed by atoms with Crippen molar-refractivity contribution >= 4 is 0 Å². The van der Waals surface area contributed by atoms with Gasteiger partial charge < -0.3 is 5.32 Å². The van der Waals surface area contributed by atoms with Crippen molar-refractivity contribution in [2.45, 2.75) is 20.4 Å². The minimum Gasteiger partial charge on any atom is -0.318 e. The zero-order chi connectivity index (χ0) is 11.1. The zero-order valence-electron chi connectivity index (χ0n) is 9.95. The van der Waals surface area contributed by atoms with E-state index in [2.05, 4.69) is 34.3 Å². The molecule has 1 heterocycles. The van der Waals surface area contributed by atoms with Gasteiger partial charge in [0.15, 0.2) is 0 Å². The van der Waals surface area contributed by atoms with E-state index < -0.39 is 0 Å². The van der Waals surface area contributed by atoms with Gasteiger partial charge in [0.1, 0.15) is 0 Å². The lowest BCUT2D eigenvalue weighted by molar-refractivity contribution is 0.278. The molecule has 0 saturated carbocycles. The average molecular weight is 207 g/mol. The van der Waals surface area contributed by atoms with Crippen LogP contribution in [0, 0.1) is 6.92 Å². The van der Waals surface area contributed by atoms with E-state index >= 15 is 0 Å². The fourth-order valence-corrected chi connectivity index (χ4v) is 1.54. The Kier molecular flexibility index (Phi) is 5.29. The number of pyridine rings is 1. The zero-order valence-corrected chi connectivity index (χ0v) is 9.95. The second kappa shape index (κ2) is 6.53. The molecule has 15 heavy (non-hydrogen) atoms. The second-order valence-electron chi connectivity index (χ2n) is 3.74. The molecule has 0 atom stereocenters. The first kappa shape index (κ1) is 12.1. The Morgan fingerprint density at radius 3 is 2.80 bits per heavy atom. The van der Waals surface area contributed by atoms with Crippen molar-refractivity contribution in [2.75, 3.05) is 26.7 Å². The van der Waals surface area contributed by atoms with Gasteiger partial charge in [0.05, 0.1) is 5.69 Å². The summed E-state index contributed by atoms with van der Waals surface area (Å²) in [5.41, 5.74) is 2.25. The number of rotatable bonds is 6. The Morgan fingerprint density at radius 1 is 1.40 bits per heavy atom. The third-order valence-corrected chi connectivity index (χ3v) is 2.46. The molecule has 0 bridgehead atoms. The average Bonchev–Trinajstić information content (AvgIpc) is 2.24. The maximum atomic E-state index is 4.51. The van der Waals surface area contributed by atoms with E-state index in [4.69, 9.17) is 0 Å². The first-order chi connectivity index (χ1) is 7.26. The van der Waals surface area contributed by atoms with Crippen molar-refractivity contribution < 1.29 is 0 Å². The highest BCUT2D eigenvalue weighted by Crippen LogP contribution is 2.02. The summed E-state index contributed by atoms with van der Waals surface area (Å²) in [6.07, 6.45) is 0.